The van der Waals surface area contributed by atoms with Crippen molar-refractivity contribution in [1.29, 1.82) is 0 Å². The number of methoxy groups -OCH3 is 1. The van der Waals surface area contributed by atoms with Crippen LogP contribution in [0.3, 0.4) is 0 Å². The molecule has 1 aromatic carbocycles. The molecule has 0 aliphatic carbocycles. The summed E-state index contributed by atoms with van der Waals surface area (Å²) in [6.45, 7) is 2.15. The number of ether oxygens (including phenoxy) is 1. The standard InChI is InChI=1S/C12H16N2O3/c1-3-11(15)14-10-6-4-5-9(7-10)8-13-12(16)17-2/h4-7H,3,8H2,1-2H3,(H,13,16)(H,14,15). The van der Waals surface area contributed by atoms with Crippen molar-refractivity contribution < 1.29 is 14.3 Å². The van der Waals surface area contributed by atoms with Gasteiger partial charge in [0, 0.05) is 18.7 Å². The van der Waals surface area contributed by atoms with E-state index in [1.165, 1.54) is 7.11 Å². The summed E-state index contributed by atoms with van der Waals surface area (Å²) in [5.41, 5.74) is 1.62. The van der Waals surface area contributed by atoms with E-state index in [1.54, 1.807) is 13.0 Å². The van der Waals surface area contributed by atoms with Crippen LogP contribution in [0.2, 0.25) is 0 Å². The van der Waals surface area contributed by atoms with E-state index in [0.717, 1.165) is 11.3 Å². The minimum atomic E-state index is -0.479. The number of benzene rings is 1. The summed E-state index contributed by atoms with van der Waals surface area (Å²) in [4.78, 5) is 22.1. The molecule has 0 saturated carbocycles. The molecule has 2 N–H and O–H groups in total. The molecule has 0 spiro atoms. The Bertz CT molecular complexity index is 404. The molecular weight excluding hydrogens is 220 g/mol. The fourth-order valence-electron chi connectivity index (χ4n) is 1.25. The van der Waals surface area contributed by atoms with Gasteiger partial charge in [0.05, 0.1) is 7.11 Å². The first kappa shape index (κ1) is 13.0. The summed E-state index contributed by atoms with van der Waals surface area (Å²) >= 11 is 0. The minimum absolute atomic E-state index is 0.0388. The topological polar surface area (TPSA) is 67.4 Å². The number of hydrogen-bond donors (Lipinski definition) is 2. The molecule has 0 aromatic heterocycles. The van der Waals surface area contributed by atoms with E-state index in [4.69, 9.17) is 0 Å². The van der Waals surface area contributed by atoms with Crippen LogP contribution in [0.1, 0.15) is 18.9 Å². The molecule has 0 radical (unpaired) electrons. The maximum atomic E-state index is 11.2. The van der Waals surface area contributed by atoms with Gasteiger partial charge in [-0.3, -0.25) is 4.79 Å². The molecule has 0 bridgehead atoms. The average molecular weight is 236 g/mol. The van der Waals surface area contributed by atoms with Crippen LogP contribution in [0.25, 0.3) is 0 Å². The van der Waals surface area contributed by atoms with Crippen molar-refractivity contribution in [2.75, 3.05) is 12.4 Å². The van der Waals surface area contributed by atoms with Crippen LogP contribution in [-0.2, 0) is 16.1 Å². The number of amides is 2. The van der Waals surface area contributed by atoms with Gasteiger partial charge in [0.1, 0.15) is 0 Å². The van der Waals surface area contributed by atoms with Gasteiger partial charge in [-0.1, -0.05) is 19.1 Å². The van der Waals surface area contributed by atoms with Crippen LogP contribution in [0.4, 0.5) is 10.5 Å². The Morgan fingerprint density at radius 3 is 2.76 bits per heavy atom. The Morgan fingerprint density at radius 1 is 1.35 bits per heavy atom. The third-order valence-electron chi connectivity index (χ3n) is 2.15. The quantitative estimate of drug-likeness (QED) is 0.838. The molecule has 0 heterocycles. The maximum Gasteiger partial charge on any atom is 0.407 e. The normalized spacial score (nSPS) is 9.53. The van der Waals surface area contributed by atoms with Crippen molar-refractivity contribution >= 4 is 17.7 Å². The third-order valence-corrected chi connectivity index (χ3v) is 2.15. The Kier molecular flexibility index (Phi) is 5.00. The van der Waals surface area contributed by atoms with Gasteiger partial charge in [-0.05, 0) is 17.7 Å². The number of carbonyl (C=O) groups excluding carboxylic acids is 2. The van der Waals surface area contributed by atoms with E-state index in [9.17, 15) is 9.59 Å². The van der Waals surface area contributed by atoms with Crippen LogP contribution < -0.4 is 10.6 Å². The van der Waals surface area contributed by atoms with Crippen LogP contribution in [0.5, 0.6) is 0 Å². The lowest BCUT2D eigenvalue weighted by molar-refractivity contribution is -0.115. The zero-order chi connectivity index (χ0) is 12.7. The summed E-state index contributed by atoms with van der Waals surface area (Å²) in [6.07, 6.45) is -0.0435. The van der Waals surface area contributed by atoms with Gasteiger partial charge >= 0.3 is 6.09 Å². The van der Waals surface area contributed by atoms with E-state index < -0.39 is 6.09 Å². The molecule has 0 unspecified atom stereocenters. The molecule has 17 heavy (non-hydrogen) atoms. The Labute approximate surface area is 100 Å². The van der Waals surface area contributed by atoms with Gasteiger partial charge in [0.2, 0.25) is 5.91 Å². The number of hydrogen-bond acceptors (Lipinski definition) is 3. The van der Waals surface area contributed by atoms with Crippen molar-refractivity contribution in [3.8, 4) is 0 Å². The molecule has 2 amide bonds. The number of rotatable bonds is 4. The smallest absolute Gasteiger partial charge is 0.407 e. The molecule has 5 heteroatoms. The van der Waals surface area contributed by atoms with Crippen LogP contribution in [0, 0.1) is 0 Å². The first-order valence-corrected chi connectivity index (χ1v) is 5.36. The summed E-state index contributed by atoms with van der Waals surface area (Å²) < 4.78 is 4.46. The van der Waals surface area contributed by atoms with Gasteiger partial charge < -0.3 is 15.4 Å². The molecule has 0 saturated heterocycles. The van der Waals surface area contributed by atoms with Gasteiger partial charge in [-0.15, -0.1) is 0 Å². The van der Waals surface area contributed by atoms with E-state index in [1.807, 2.05) is 18.2 Å². The summed E-state index contributed by atoms with van der Waals surface area (Å²) in [5, 5.41) is 5.32. The summed E-state index contributed by atoms with van der Waals surface area (Å²) in [6, 6.07) is 7.29. The van der Waals surface area contributed by atoms with Crippen molar-refractivity contribution in [2.45, 2.75) is 19.9 Å². The van der Waals surface area contributed by atoms with Crippen molar-refractivity contribution in [2.24, 2.45) is 0 Å². The predicted molar refractivity (Wildman–Crippen MR) is 64.6 cm³/mol. The van der Waals surface area contributed by atoms with E-state index in [0.29, 0.717) is 13.0 Å². The predicted octanol–water partition coefficient (Wildman–Crippen LogP) is 1.89. The van der Waals surface area contributed by atoms with Crippen LogP contribution in [-0.4, -0.2) is 19.1 Å². The summed E-state index contributed by atoms with van der Waals surface area (Å²) in [7, 11) is 1.31. The van der Waals surface area contributed by atoms with Crippen molar-refractivity contribution in [3.05, 3.63) is 29.8 Å². The molecule has 0 aliphatic rings. The lowest BCUT2D eigenvalue weighted by Crippen LogP contribution is -2.22. The van der Waals surface area contributed by atoms with Crippen molar-refractivity contribution in [3.63, 3.8) is 0 Å². The van der Waals surface area contributed by atoms with Crippen LogP contribution >= 0.6 is 0 Å². The molecule has 5 nitrogen and oxygen atoms in total. The molecule has 1 rings (SSSR count). The average Bonchev–Trinajstić information content (AvgIpc) is 2.36. The second kappa shape index (κ2) is 6.52. The number of nitrogens with one attached hydrogen (secondary N) is 2. The second-order valence-electron chi connectivity index (χ2n) is 3.45. The number of alkyl carbamates (subject to hydrolysis) is 1. The third kappa shape index (κ3) is 4.55. The molecule has 0 fully saturated rings. The van der Waals surface area contributed by atoms with Gasteiger partial charge in [-0.2, -0.15) is 0 Å². The molecule has 0 aliphatic heterocycles. The Morgan fingerprint density at radius 2 is 2.12 bits per heavy atom. The highest BCUT2D eigenvalue weighted by atomic mass is 16.5. The lowest BCUT2D eigenvalue weighted by atomic mass is 10.2. The zero-order valence-electron chi connectivity index (χ0n) is 9.95. The molecular formula is C12H16N2O3. The lowest BCUT2D eigenvalue weighted by Gasteiger charge is -2.07. The first-order valence-electron chi connectivity index (χ1n) is 5.36. The molecule has 1 aromatic rings. The second-order valence-corrected chi connectivity index (χ2v) is 3.45. The SMILES string of the molecule is CCC(=O)Nc1cccc(CNC(=O)OC)c1. The number of carbonyl (C=O) groups is 2. The maximum absolute atomic E-state index is 11.2. The fraction of sp³-hybridized carbons (Fsp3) is 0.333. The van der Waals surface area contributed by atoms with Gasteiger partial charge in [0.15, 0.2) is 0 Å². The summed E-state index contributed by atoms with van der Waals surface area (Å²) in [5.74, 6) is -0.0388. The van der Waals surface area contributed by atoms with E-state index >= 15 is 0 Å². The largest absolute Gasteiger partial charge is 0.453 e. The van der Waals surface area contributed by atoms with Gasteiger partial charge in [0.25, 0.3) is 0 Å². The van der Waals surface area contributed by atoms with E-state index in [-0.39, 0.29) is 5.91 Å². The highest BCUT2D eigenvalue weighted by Crippen LogP contribution is 2.10. The Hall–Kier alpha value is -2.04. The molecule has 92 valence electrons. The van der Waals surface area contributed by atoms with E-state index in [2.05, 4.69) is 15.4 Å². The minimum Gasteiger partial charge on any atom is -0.453 e. The van der Waals surface area contributed by atoms with Crippen LogP contribution in [0.15, 0.2) is 24.3 Å². The number of anilines is 1. The Balaban J connectivity index is 2.59. The highest BCUT2D eigenvalue weighted by Gasteiger charge is 2.02. The molecule has 0 atom stereocenters. The zero-order valence-corrected chi connectivity index (χ0v) is 9.95. The first-order chi connectivity index (χ1) is 8.15. The monoisotopic (exact) mass is 236 g/mol. The van der Waals surface area contributed by atoms with Crippen molar-refractivity contribution in [1.82, 2.24) is 5.32 Å². The van der Waals surface area contributed by atoms with Gasteiger partial charge in [-0.25, -0.2) is 4.79 Å². The highest BCUT2D eigenvalue weighted by molar-refractivity contribution is 5.90. The fourth-order valence-corrected chi connectivity index (χ4v) is 1.25.